The van der Waals surface area contributed by atoms with Crippen molar-refractivity contribution in [3.63, 3.8) is 0 Å². The third-order valence-corrected chi connectivity index (χ3v) is 5.18. The van der Waals surface area contributed by atoms with E-state index in [1.807, 2.05) is 20.8 Å². The molecule has 1 saturated heterocycles. The SMILES string of the molecule is CC(C)(C)OC(=O)N1CC2(CC(S(C)(=O)=O)C2)C1. The smallest absolute Gasteiger partial charge is 0.410 e. The van der Waals surface area contributed by atoms with E-state index in [-0.39, 0.29) is 16.8 Å². The minimum atomic E-state index is -2.91. The number of carbonyl (C=O) groups excluding carboxylic acids is 1. The molecule has 1 saturated carbocycles. The Balaban J connectivity index is 1.81. The Hall–Kier alpha value is -0.780. The van der Waals surface area contributed by atoms with Gasteiger partial charge in [0, 0.05) is 24.8 Å². The van der Waals surface area contributed by atoms with Gasteiger partial charge in [0.05, 0.1) is 5.25 Å². The highest BCUT2D eigenvalue weighted by atomic mass is 32.2. The average molecular weight is 275 g/mol. The maximum Gasteiger partial charge on any atom is 0.410 e. The van der Waals surface area contributed by atoms with E-state index in [2.05, 4.69) is 0 Å². The number of sulfone groups is 1. The van der Waals surface area contributed by atoms with Crippen LogP contribution in [0.1, 0.15) is 33.6 Å². The molecule has 1 aliphatic heterocycles. The van der Waals surface area contributed by atoms with Crippen LogP contribution in [0.15, 0.2) is 0 Å². The van der Waals surface area contributed by atoms with Gasteiger partial charge >= 0.3 is 6.09 Å². The van der Waals surface area contributed by atoms with Gasteiger partial charge in [0.25, 0.3) is 0 Å². The van der Waals surface area contributed by atoms with Gasteiger partial charge in [-0.2, -0.15) is 0 Å². The Kier molecular flexibility index (Phi) is 2.92. The summed E-state index contributed by atoms with van der Waals surface area (Å²) in [6.45, 7) is 6.78. The molecule has 0 radical (unpaired) electrons. The summed E-state index contributed by atoms with van der Waals surface area (Å²) in [5, 5.41) is -0.210. The summed E-state index contributed by atoms with van der Waals surface area (Å²) in [6.07, 6.45) is 2.36. The largest absolute Gasteiger partial charge is 0.444 e. The monoisotopic (exact) mass is 275 g/mol. The quantitative estimate of drug-likeness (QED) is 0.726. The summed E-state index contributed by atoms with van der Waals surface area (Å²) in [7, 11) is -2.91. The van der Waals surface area contributed by atoms with Crippen molar-refractivity contribution in [3.05, 3.63) is 0 Å². The average Bonchev–Trinajstić information content (AvgIpc) is 1.90. The van der Waals surface area contributed by atoms with Crippen LogP contribution in [0, 0.1) is 5.41 Å². The molecule has 2 rings (SSSR count). The minimum Gasteiger partial charge on any atom is -0.444 e. The topological polar surface area (TPSA) is 63.7 Å². The molecule has 0 unspecified atom stereocenters. The molecule has 18 heavy (non-hydrogen) atoms. The van der Waals surface area contributed by atoms with Crippen molar-refractivity contribution in [2.75, 3.05) is 19.3 Å². The summed E-state index contributed by atoms with van der Waals surface area (Å²) in [5.41, 5.74) is -0.431. The van der Waals surface area contributed by atoms with Crippen molar-refractivity contribution in [1.29, 1.82) is 0 Å². The Bertz CT molecular complexity index is 449. The number of ether oxygens (including phenoxy) is 1. The Labute approximate surface area is 108 Å². The molecular formula is C12H21NO4S. The van der Waals surface area contributed by atoms with E-state index < -0.39 is 15.4 Å². The number of hydrogen-bond acceptors (Lipinski definition) is 4. The van der Waals surface area contributed by atoms with Crippen LogP contribution in [0.25, 0.3) is 0 Å². The zero-order valence-electron chi connectivity index (χ0n) is 11.4. The van der Waals surface area contributed by atoms with Gasteiger partial charge in [-0.3, -0.25) is 0 Å². The lowest BCUT2D eigenvalue weighted by molar-refractivity contribution is -0.0670. The van der Waals surface area contributed by atoms with Crippen LogP contribution in [0.2, 0.25) is 0 Å². The molecule has 1 spiro atoms. The number of likely N-dealkylation sites (tertiary alicyclic amines) is 1. The predicted molar refractivity (Wildman–Crippen MR) is 68.1 cm³/mol. The normalized spacial score (nSPS) is 23.4. The molecule has 0 bridgehead atoms. The number of carbonyl (C=O) groups is 1. The lowest BCUT2D eigenvalue weighted by Crippen LogP contribution is -2.66. The van der Waals surface area contributed by atoms with E-state index >= 15 is 0 Å². The van der Waals surface area contributed by atoms with E-state index in [1.165, 1.54) is 6.26 Å². The van der Waals surface area contributed by atoms with Crippen LogP contribution in [-0.4, -0.2) is 49.6 Å². The summed E-state index contributed by atoms with van der Waals surface area (Å²) >= 11 is 0. The van der Waals surface area contributed by atoms with Gasteiger partial charge < -0.3 is 9.64 Å². The van der Waals surface area contributed by atoms with E-state index in [0.717, 1.165) is 0 Å². The van der Waals surface area contributed by atoms with Gasteiger partial charge in [-0.25, -0.2) is 13.2 Å². The molecule has 0 aromatic rings. The van der Waals surface area contributed by atoms with E-state index in [9.17, 15) is 13.2 Å². The Morgan fingerprint density at radius 2 is 1.78 bits per heavy atom. The molecule has 1 aliphatic carbocycles. The lowest BCUT2D eigenvalue weighted by Gasteiger charge is -2.58. The zero-order chi connectivity index (χ0) is 13.8. The van der Waals surface area contributed by atoms with Gasteiger partial charge in [-0.15, -0.1) is 0 Å². The van der Waals surface area contributed by atoms with Gasteiger partial charge in [-0.1, -0.05) is 0 Å². The van der Waals surface area contributed by atoms with Crippen molar-refractivity contribution in [2.45, 2.75) is 44.5 Å². The van der Waals surface area contributed by atoms with E-state index in [1.54, 1.807) is 4.90 Å². The minimum absolute atomic E-state index is 0.0463. The standard InChI is InChI=1S/C12H21NO4S/c1-11(2,3)17-10(14)13-7-12(8-13)5-9(6-12)18(4,15)16/h9H,5-8H2,1-4H3. The van der Waals surface area contributed by atoms with Crippen molar-refractivity contribution >= 4 is 15.9 Å². The number of rotatable bonds is 1. The second-order valence-electron chi connectivity index (χ2n) is 6.70. The third-order valence-electron chi connectivity index (χ3n) is 3.63. The molecule has 0 aromatic heterocycles. The second-order valence-corrected chi connectivity index (χ2v) is 9.02. The highest BCUT2D eigenvalue weighted by Gasteiger charge is 2.56. The molecule has 6 heteroatoms. The predicted octanol–water partition coefficient (Wildman–Crippen LogP) is 1.43. The first-order chi connectivity index (χ1) is 8.01. The molecule has 2 aliphatic rings. The molecule has 2 fully saturated rings. The molecule has 1 heterocycles. The maximum atomic E-state index is 11.7. The fourth-order valence-electron chi connectivity index (χ4n) is 2.69. The molecule has 0 atom stereocenters. The highest BCUT2D eigenvalue weighted by Crippen LogP contribution is 2.50. The van der Waals surface area contributed by atoms with Crippen molar-refractivity contribution in [3.8, 4) is 0 Å². The molecule has 0 N–H and O–H groups in total. The maximum absolute atomic E-state index is 11.7. The van der Waals surface area contributed by atoms with Crippen LogP contribution >= 0.6 is 0 Å². The Morgan fingerprint density at radius 1 is 1.28 bits per heavy atom. The van der Waals surface area contributed by atoms with Crippen molar-refractivity contribution in [1.82, 2.24) is 4.90 Å². The van der Waals surface area contributed by atoms with Crippen LogP contribution < -0.4 is 0 Å². The highest BCUT2D eigenvalue weighted by molar-refractivity contribution is 7.91. The lowest BCUT2D eigenvalue weighted by atomic mass is 9.63. The van der Waals surface area contributed by atoms with Crippen LogP contribution in [0.4, 0.5) is 4.79 Å². The van der Waals surface area contributed by atoms with Crippen molar-refractivity contribution < 1.29 is 17.9 Å². The van der Waals surface area contributed by atoms with E-state index in [0.29, 0.717) is 25.9 Å². The van der Waals surface area contributed by atoms with Gasteiger partial charge in [0.1, 0.15) is 15.4 Å². The van der Waals surface area contributed by atoms with Gasteiger partial charge in [0.15, 0.2) is 0 Å². The van der Waals surface area contributed by atoms with Gasteiger partial charge in [-0.05, 0) is 33.6 Å². The molecule has 1 amide bonds. The van der Waals surface area contributed by atoms with Crippen LogP contribution in [0.5, 0.6) is 0 Å². The Morgan fingerprint density at radius 3 is 2.17 bits per heavy atom. The molecule has 5 nitrogen and oxygen atoms in total. The fourth-order valence-corrected chi connectivity index (χ4v) is 4.00. The first kappa shape index (κ1) is 13.6. The van der Waals surface area contributed by atoms with Crippen LogP contribution in [0.3, 0.4) is 0 Å². The summed E-state index contributed by atoms with van der Waals surface area (Å²) in [4.78, 5) is 13.4. The summed E-state index contributed by atoms with van der Waals surface area (Å²) in [6, 6.07) is 0. The van der Waals surface area contributed by atoms with Crippen molar-refractivity contribution in [2.24, 2.45) is 5.41 Å². The first-order valence-corrected chi connectivity index (χ1v) is 8.13. The van der Waals surface area contributed by atoms with Gasteiger partial charge in [0.2, 0.25) is 0 Å². The molecule has 104 valence electrons. The summed E-state index contributed by atoms with van der Waals surface area (Å²) in [5.74, 6) is 0. The zero-order valence-corrected chi connectivity index (χ0v) is 12.2. The number of amides is 1. The second kappa shape index (κ2) is 3.85. The summed E-state index contributed by atoms with van der Waals surface area (Å²) < 4.78 is 27.9. The fraction of sp³-hybridized carbons (Fsp3) is 0.917. The number of nitrogens with zero attached hydrogens (tertiary/aromatic N) is 1. The molecular weight excluding hydrogens is 254 g/mol. The third kappa shape index (κ3) is 2.63. The van der Waals surface area contributed by atoms with Crippen LogP contribution in [-0.2, 0) is 14.6 Å². The molecule has 0 aromatic carbocycles. The first-order valence-electron chi connectivity index (χ1n) is 6.18. The van der Waals surface area contributed by atoms with E-state index in [4.69, 9.17) is 4.74 Å². The number of hydrogen-bond donors (Lipinski definition) is 0.